The first-order chi connectivity index (χ1) is 14.9. The Morgan fingerprint density at radius 2 is 1.50 bits per heavy atom. The van der Waals surface area contributed by atoms with Gasteiger partial charge in [-0.05, 0) is 50.3 Å². The average molecular weight is 454 g/mol. The molecule has 11 heteroatoms. The molecule has 4 N–H and O–H groups in total. The fraction of sp³-hybridized carbons (Fsp3) is 0.476. The predicted octanol–water partition coefficient (Wildman–Crippen LogP) is 1.63. The van der Waals surface area contributed by atoms with Crippen LogP contribution in [0, 0.1) is 23.1 Å². The van der Waals surface area contributed by atoms with Crippen LogP contribution < -0.4 is 0 Å². The van der Waals surface area contributed by atoms with Crippen molar-refractivity contribution in [3.05, 3.63) is 35.6 Å². The molecule has 10 nitrogen and oxygen atoms in total. The minimum atomic E-state index is -2.74. The van der Waals surface area contributed by atoms with Gasteiger partial charge in [-0.15, -0.1) is 0 Å². The van der Waals surface area contributed by atoms with Crippen LogP contribution in [0.5, 0.6) is 0 Å². The maximum absolute atomic E-state index is 12.8. The van der Waals surface area contributed by atoms with Gasteiger partial charge >= 0.3 is 17.9 Å². The highest BCUT2D eigenvalue weighted by atomic mass is 19.1. The van der Waals surface area contributed by atoms with Crippen LogP contribution >= 0.6 is 0 Å². The van der Waals surface area contributed by atoms with E-state index >= 15 is 0 Å². The highest BCUT2D eigenvalue weighted by Crippen LogP contribution is 2.16. The summed E-state index contributed by atoms with van der Waals surface area (Å²) in [6, 6.07) is 7.39. The Balaban J connectivity index is 0.000000649. The lowest BCUT2D eigenvalue weighted by molar-refractivity contribution is -0.170. The van der Waals surface area contributed by atoms with E-state index in [1.165, 1.54) is 24.3 Å². The number of Topliss-reactive ketones (excluding diaryl/α,β-unsaturated/α-hetero) is 1. The van der Waals surface area contributed by atoms with Gasteiger partial charge in [0.05, 0.1) is 18.9 Å². The topological polar surface area (TPSA) is 176 Å². The minimum Gasteiger partial charge on any atom is -0.481 e. The number of benzene rings is 1. The van der Waals surface area contributed by atoms with Gasteiger partial charge in [0.1, 0.15) is 11.7 Å². The van der Waals surface area contributed by atoms with Gasteiger partial charge in [-0.1, -0.05) is 13.8 Å². The van der Waals surface area contributed by atoms with E-state index in [0.29, 0.717) is 12.0 Å². The summed E-state index contributed by atoms with van der Waals surface area (Å²) in [6.07, 6.45) is -1.78. The van der Waals surface area contributed by atoms with E-state index in [2.05, 4.69) is 4.90 Å². The maximum Gasteiger partial charge on any atom is 0.336 e. The van der Waals surface area contributed by atoms with Crippen LogP contribution in [0.2, 0.25) is 0 Å². The number of carboxylic acids is 3. The van der Waals surface area contributed by atoms with Gasteiger partial charge in [0.2, 0.25) is 0 Å². The van der Waals surface area contributed by atoms with E-state index in [1.54, 1.807) is 0 Å². The van der Waals surface area contributed by atoms with Crippen molar-refractivity contribution in [2.45, 2.75) is 38.7 Å². The van der Waals surface area contributed by atoms with E-state index < -0.39 is 42.3 Å². The third-order valence-corrected chi connectivity index (χ3v) is 4.51. The Hall–Kier alpha value is -3.36. The van der Waals surface area contributed by atoms with Crippen LogP contribution in [0.1, 0.15) is 43.5 Å². The fourth-order valence-electron chi connectivity index (χ4n) is 2.64. The summed E-state index contributed by atoms with van der Waals surface area (Å²) in [7, 11) is 0. The van der Waals surface area contributed by atoms with Crippen molar-refractivity contribution >= 4 is 23.7 Å². The second-order valence-electron chi connectivity index (χ2n) is 6.85. The van der Waals surface area contributed by atoms with Crippen LogP contribution in [-0.2, 0) is 14.4 Å². The molecule has 0 heterocycles. The maximum atomic E-state index is 12.8. The summed E-state index contributed by atoms with van der Waals surface area (Å²) in [5, 5.41) is 42.9. The average Bonchev–Trinajstić information content (AvgIpc) is 2.70. The number of rotatable bonds is 12. The Morgan fingerprint density at radius 1 is 1.03 bits per heavy atom. The summed E-state index contributed by atoms with van der Waals surface area (Å²) < 4.78 is 12.8. The number of nitriles is 1. The number of hydrogen-bond acceptors (Lipinski definition) is 7. The molecule has 0 aliphatic carbocycles. The van der Waals surface area contributed by atoms with Crippen molar-refractivity contribution in [3.63, 3.8) is 0 Å². The molecule has 0 saturated heterocycles. The van der Waals surface area contributed by atoms with E-state index in [0.717, 1.165) is 19.6 Å². The molecule has 32 heavy (non-hydrogen) atoms. The Morgan fingerprint density at radius 3 is 1.84 bits per heavy atom. The number of halogens is 1. The quantitative estimate of drug-likeness (QED) is 0.339. The Bertz CT molecular complexity index is 815. The number of aliphatic carboxylic acids is 3. The molecule has 0 saturated carbocycles. The molecule has 0 aliphatic rings. The molecule has 0 aliphatic heterocycles. The number of carboxylic acid groups (broad SMARTS) is 3. The van der Waals surface area contributed by atoms with E-state index in [4.69, 9.17) is 25.7 Å². The van der Waals surface area contributed by atoms with Gasteiger partial charge in [-0.2, -0.15) is 5.26 Å². The number of carbonyl (C=O) groups is 4. The lowest BCUT2D eigenvalue weighted by Crippen LogP contribution is -2.42. The zero-order valence-corrected chi connectivity index (χ0v) is 17.8. The van der Waals surface area contributed by atoms with Crippen LogP contribution in [0.3, 0.4) is 0 Å². The molecular weight excluding hydrogens is 427 g/mol. The van der Waals surface area contributed by atoms with E-state index in [9.17, 15) is 23.6 Å². The SMILES string of the molecule is CCN(CC)CCC(C#N)C(=O)c1ccc(F)cc1.O=C(O)CC(O)(CC(=O)O)C(=O)O. The standard InChI is InChI=1S/C15H19FN2O.C6H8O7/c1-3-18(4-2)10-9-13(11-17)15(19)12-5-7-14(16)8-6-12;7-3(8)1-6(13,5(11)12)2-4(9)10/h5-8,13H,3-4,9-10H2,1-2H3;13H,1-2H2,(H,7,8)(H,9,10)(H,11,12). The van der Waals surface area contributed by atoms with Crippen molar-refractivity contribution in [1.29, 1.82) is 5.26 Å². The first-order valence-electron chi connectivity index (χ1n) is 9.71. The summed E-state index contributed by atoms with van der Waals surface area (Å²) in [5.41, 5.74) is -2.34. The van der Waals surface area contributed by atoms with E-state index in [1.807, 2.05) is 19.9 Å². The molecule has 1 aromatic rings. The smallest absolute Gasteiger partial charge is 0.336 e. The Kier molecular flexibility index (Phi) is 12.4. The summed E-state index contributed by atoms with van der Waals surface area (Å²) >= 11 is 0. The van der Waals surface area contributed by atoms with Crippen molar-refractivity contribution in [1.82, 2.24) is 4.90 Å². The first-order valence-corrected chi connectivity index (χ1v) is 9.71. The summed E-state index contributed by atoms with van der Waals surface area (Å²) in [5.74, 6) is -6.29. The van der Waals surface area contributed by atoms with Crippen molar-refractivity contribution in [3.8, 4) is 6.07 Å². The molecule has 1 aromatic carbocycles. The lowest BCUT2D eigenvalue weighted by Gasteiger charge is -2.19. The monoisotopic (exact) mass is 454 g/mol. The largest absolute Gasteiger partial charge is 0.481 e. The molecule has 0 fully saturated rings. The molecule has 0 amide bonds. The van der Waals surface area contributed by atoms with Gasteiger partial charge in [-0.3, -0.25) is 14.4 Å². The van der Waals surface area contributed by atoms with Gasteiger partial charge in [0.25, 0.3) is 0 Å². The summed E-state index contributed by atoms with van der Waals surface area (Å²) in [6.45, 7) is 6.62. The highest BCUT2D eigenvalue weighted by Gasteiger charge is 2.40. The highest BCUT2D eigenvalue weighted by molar-refractivity contribution is 5.99. The molecule has 1 atom stereocenters. The number of carbonyl (C=O) groups excluding carboxylic acids is 1. The normalized spacial score (nSPS) is 11.6. The van der Waals surface area contributed by atoms with Gasteiger partial charge in [0.15, 0.2) is 11.4 Å². The predicted molar refractivity (Wildman–Crippen MR) is 109 cm³/mol. The second-order valence-corrected chi connectivity index (χ2v) is 6.85. The third-order valence-electron chi connectivity index (χ3n) is 4.51. The number of hydrogen-bond donors (Lipinski definition) is 4. The number of nitrogens with zero attached hydrogens (tertiary/aromatic N) is 2. The lowest BCUT2D eigenvalue weighted by atomic mass is 9.95. The van der Waals surface area contributed by atoms with Gasteiger partial charge < -0.3 is 25.3 Å². The van der Waals surface area contributed by atoms with Crippen LogP contribution in [0.25, 0.3) is 0 Å². The first kappa shape index (κ1) is 28.6. The van der Waals surface area contributed by atoms with E-state index in [-0.39, 0.29) is 11.6 Å². The van der Waals surface area contributed by atoms with Gasteiger partial charge in [-0.25, -0.2) is 9.18 Å². The van der Waals surface area contributed by atoms with Crippen LogP contribution in [-0.4, -0.2) is 74.3 Å². The third kappa shape index (κ3) is 10.1. The molecule has 1 unspecified atom stereocenters. The van der Waals surface area contributed by atoms with Crippen LogP contribution in [0.15, 0.2) is 24.3 Å². The number of ketones is 1. The Labute approximate surface area is 184 Å². The second kappa shape index (κ2) is 13.8. The number of aliphatic hydroxyl groups is 1. The molecule has 0 radical (unpaired) electrons. The molecule has 0 bridgehead atoms. The van der Waals surface area contributed by atoms with Gasteiger partial charge in [0, 0.05) is 5.56 Å². The van der Waals surface area contributed by atoms with Crippen LogP contribution in [0.4, 0.5) is 4.39 Å². The van der Waals surface area contributed by atoms with Crippen molar-refractivity contribution in [2.75, 3.05) is 19.6 Å². The molecule has 176 valence electrons. The molecule has 0 spiro atoms. The molecule has 0 aromatic heterocycles. The zero-order valence-electron chi connectivity index (χ0n) is 17.8. The van der Waals surface area contributed by atoms with Crippen molar-refractivity contribution in [2.24, 2.45) is 5.92 Å². The molecular formula is C21H27FN2O8. The summed E-state index contributed by atoms with van der Waals surface area (Å²) in [4.78, 5) is 44.8. The molecule has 1 rings (SSSR count). The minimum absolute atomic E-state index is 0.227. The van der Waals surface area contributed by atoms with Crippen molar-refractivity contribution < 1.29 is 44.0 Å². The fourth-order valence-corrected chi connectivity index (χ4v) is 2.64. The zero-order chi connectivity index (χ0) is 24.9.